The van der Waals surface area contributed by atoms with Crippen LogP contribution in [0.4, 0.5) is 11.5 Å². The summed E-state index contributed by atoms with van der Waals surface area (Å²) in [5, 5.41) is 11.8. The fourth-order valence-electron chi connectivity index (χ4n) is 3.20. The van der Waals surface area contributed by atoms with Gasteiger partial charge >= 0.3 is 0 Å². The molecule has 1 saturated heterocycles. The normalized spacial score (nSPS) is 13.8. The molecule has 0 saturated carbocycles. The summed E-state index contributed by atoms with van der Waals surface area (Å²) in [7, 11) is 0. The predicted octanol–water partition coefficient (Wildman–Crippen LogP) is 2.70. The summed E-state index contributed by atoms with van der Waals surface area (Å²) in [6.45, 7) is 2.75. The maximum atomic E-state index is 12.4. The number of carbonyl (C=O) groups excluding carboxylic acids is 2. The standard InChI is InChI=1S/C21H21ClN6O3S/c22-15-4-3-5-16(12-15)24-20(30)21-26-25-18(32-21)13-31-14-19(29)28-10-8-27(9-11-28)17-6-1-2-7-23-17/h1-7,12H,8-11,13-14H2,(H,24,30). The van der Waals surface area contributed by atoms with Crippen LogP contribution in [0.3, 0.4) is 0 Å². The zero-order valence-electron chi connectivity index (χ0n) is 17.1. The number of nitrogens with zero attached hydrogens (tertiary/aromatic N) is 5. The van der Waals surface area contributed by atoms with E-state index in [-0.39, 0.29) is 30.0 Å². The predicted molar refractivity (Wildman–Crippen MR) is 122 cm³/mol. The van der Waals surface area contributed by atoms with Crippen LogP contribution in [0.5, 0.6) is 0 Å². The second-order valence-corrected chi connectivity index (χ2v) is 8.51. The SMILES string of the molecule is O=C(Nc1cccc(Cl)c1)c1nnc(COCC(=O)N2CCN(c3ccccn3)CC2)s1. The molecule has 2 amide bonds. The zero-order chi connectivity index (χ0) is 22.3. The van der Waals surface area contributed by atoms with Gasteiger partial charge in [0.25, 0.3) is 5.91 Å². The van der Waals surface area contributed by atoms with E-state index in [4.69, 9.17) is 16.3 Å². The van der Waals surface area contributed by atoms with E-state index >= 15 is 0 Å². The Kier molecular flexibility index (Phi) is 7.25. The largest absolute Gasteiger partial charge is 0.364 e. The minimum absolute atomic E-state index is 0.0484. The highest BCUT2D eigenvalue weighted by Gasteiger charge is 2.22. The topological polar surface area (TPSA) is 101 Å². The lowest BCUT2D eigenvalue weighted by Crippen LogP contribution is -2.50. The number of anilines is 2. The van der Waals surface area contributed by atoms with Gasteiger partial charge in [0.2, 0.25) is 10.9 Å². The molecule has 0 unspecified atom stereocenters. The van der Waals surface area contributed by atoms with E-state index in [0.717, 1.165) is 30.2 Å². The van der Waals surface area contributed by atoms with Gasteiger partial charge in [0.05, 0.1) is 0 Å². The van der Waals surface area contributed by atoms with E-state index in [2.05, 4.69) is 25.4 Å². The average Bonchev–Trinajstić information content (AvgIpc) is 3.29. The second-order valence-electron chi connectivity index (χ2n) is 7.01. The molecule has 1 aromatic carbocycles. The number of carbonyl (C=O) groups is 2. The van der Waals surface area contributed by atoms with Crippen LogP contribution in [-0.4, -0.2) is 64.7 Å². The molecular formula is C21H21ClN6O3S. The van der Waals surface area contributed by atoms with Gasteiger partial charge in [-0.25, -0.2) is 4.98 Å². The molecule has 0 atom stereocenters. The van der Waals surface area contributed by atoms with Crippen LogP contribution in [0.25, 0.3) is 0 Å². The van der Waals surface area contributed by atoms with Crippen molar-refractivity contribution in [1.82, 2.24) is 20.1 Å². The van der Waals surface area contributed by atoms with E-state index in [1.807, 2.05) is 18.2 Å². The van der Waals surface area contributed by atoms with Gasteiger partial charge in [-0.3, -0.25) is 9.59 Å². The van der Waals surface area contributed by atoms with E-state index in [9.17, 15) is 9.59 Å². The van der Waals surface area contributed by atoms with Crippen LogP contribution in [0, 0.1) is 0 Å². The number of ether oxygens (including phenoxy) is 1. The van der Waals surface area contributed by atoms with Gasteiger partial charge in [0, 0.05) is 43.1 Å². The number of amides is 2. The van der Waals surface area contributed by atoms with Gasteiger partial charge in [-0.05, 0) is 30.3 Å². The van der Waals surface area contributed by atoms with Gasteiger partial charge in [-0.15, -0.1) is 10.2 Å². The van der Waals surface area contributed by atoms with Gasteiger partial charge in [0.1, 0.15) is 24.0 Å². The van der Waals surface area contributed by atoms with Crippen molar-refractivity contribution in [2.45, 2.75) is 6.61 Å². The van der Waals surface area contributed by atoms with Crippen molar-refractivity contribution in [2.75, 3.05) is 43.0 Å². The van der Waals surface area contributed by atoms with Crippen LogP contribution in [0.1, 0.15) is 14.8 Å². The number of hydrogen-bond acceptors (Lipinski definition) is 8. The Morgan fingerprint density at radius 3 is 2.69 bits per heavy atom. The quantitative estimate of drug-likeness (QED) is 0.564. The van der Waals surface area contributed by atoms with Crippen LogP contribution >= 0.6 is 22.9 Å². The average molecular weight is 473 g/mol. The summed E-state index contributed by atoms with van der Waals surface area (Å²) in [5.41, 5.74) is 0.573. The molecule has 0 spiro atoms. The lowest BCUT2D eigenvalue weighted by molar-refractivity contribution is -0.136. The second kappa shape index (κ2) is 10.5. The van der Waals surface area contributed by atoms with Crippen molar-refractivity contribution in [3.63, 3.8) is 0 Å². The molecular weight excluding hydrogens is 452 g/mol. The Morgan fingerprint density at radius 2 is 1.94 bits per heavy atom. The number of piperazine rings is 1. The Bertz CT molecular complexity index is 1070. The van der Waals surface area contributed by atoms with Crippen LogP contribution < -0.4 is 10.2 Å². The van der Waals surface area contributed by atoms with Crippen molar-refractivity contribution in [3.8, 4) is 0 Å². The first kappa shape index (κ1) is 22.1. The molecule has 3 heterocycles. The summed E-state index contributed by atoms with van der Waals surface area (Å²) < 4.78 is 5.51. The monoisotopic (exact) mass is 472 g/mol. The number of nitrogens with one attached hydrogen (secondary N) is 1. The van der Waals surface area contributed by atoms with Gasteiger partial charge in [-0.2, -0.15) is 0 Å². The number of hydrogen-bond donors (Lipinski definition) is 1. The molecule has 4 rings (SSSR count). The molecule has 11 heteroatoms. The number of rotatable bonds is 7. The third kappa shape index (κ3) is 5.78. The lowest BCUT2D eigenvalue weighted by atomic mass is 10.3. The fourth-order valence-corrected chi connectivity index (χ4v) is 4.06. The molecule has 166 valence electrons. The van der Waals surface area contributed by atoms with Crippen molar-refractivity contribution in [2.24, 2.45) is 0 Å². The highest BCUT2D eigenvalue weighted by Crippen LogP contribution is 2.18. The molecule has 1 aliphatic heterocycles. The summed E-state index contributed by atoms with van der Waals surface area (Å²) in [6, 6.07) is 12.6. The summed E-state index contributed by atoms with van der Waals surface area (Å²) >= 11 is 7.04. The Labute approximate surface area is 194 Å². The zero-order valence-corrected chi connectivity index (χ0v) is 18.7. The minimum Gasteiger partial charge on any atom is -0.364 e. The third-order valence-corrected chi connectivity index (χ3v) is 5.93. The van der Waals surface area contributed by atoms with E-state index in [0.29, 0.717) is 28.8 Å². The molecule has 1 aliphatic rings. The summed E-state index contributed by atoms with van der Waals surface area (Å²) in [6.07, 6.45) is 1.76. The molecule has 0 aliphatic carbocycles. The van der Waals surface area contributed by atoms with Crippen LogP contribution in [0.2, 0.25) is 5.02 Å². The highest BCUT2D eigenvalue weighted by atomic mass is 35.5. The maximum absolute atomic E-state index is 12.4. The Balaban J connectivity index is 1.20. The highest BCUT2D eigenvalue weighted by molar-refractivity contribution is 7.13. The number of pyridine rings is 1. The molecule has 0 bridgehead atoms. The lowest BCUT2D eigenvalue weighted by Gasteiger charge is -2.35. The maximum Gasteiger partial charge on any atom is 0.286 e. The van der Waals surface area contributed by atoms with Gasteiger partial charge in [-0.1, -0.05) is 35.1 Å². The minimum atomic E-state index is -0.377. The molecule has 9 nitrogen and oxygen atoms in total. The van der Waals surface area contributed by atoms with Crippen LogP contribution in [-0.2, 0) is 16.1 Å². The number of halogens is 1. The Morgan fingerprint density at radius 1 is 1.09 bits per heavy atom. The third-order valence-electron chi connectivity index (χ3n) is 4.80. The first-order valence-electron chi connectivity index (χ1n) is 9.99. The number of aromatic nitrogens is 3. The molecule has 32 heavy (non-hydrogen) atoms. The molecule has 1 N–H and O–H groups in total. The summed E-state index contributed by atoms with van der Waals surface area (Å²) in [5.74, 6) is 0.467. The van der Waals surface area contributed by atoms with Crippen LogP contribution in [0.15, 0.2) is 48.7 Å². The fraction of sp³-hybridized carbons (Fsp3) is 0.286. The van der Waals surface area contributed by atoms with E-state index < -0.39 is 0 Å². The number of benzene rings is 1. The Hall–Kier alpha value is -3.08. The molecule has 3 aromatic rings. The first-order valence-corrected chi connectivity index (χ1v) is 11.2. The van der Waals surface area contributed by atoms with Gasteiger partial charge in [0.15, 0.2) is 0 Å². The van der Waals surface area contributed by atoms with Crippen molar-refractivity contribution in [1.29, 1.82) is 0 Å². The molecule has 2 aromatic heterocycles. The van der Waals surface area contributed by atoms with Gasteiger partial charge < -0.3 is 19.9 Å². The molecule has 1 fully saturated rings. The summed E-state index contributed by atoms with van der Waals surface area (Å²) in [4.78, 5) is 33.0. The van der Waals surface area contributed by atoms with E-state index in [1.54, 1.807) is 35.4 Å². The first-order chi connectivity index (χ1) is 15.6. The smallest absolute Gasteiger partial charge is 0.286 e. The van der Waals surface area contributed by atoms with Crippen molar-refractivity contribution >= 4 is 46.3 Å². The van der Waals surface area contributed by atoms with E-state index in [1.165, 1.54) is 0 Å². The van der Waals surface area contributed by atoms with Crippen molar-refractivity contribution in [3.05, 3.63) is 63.7 Å². The van der Waals surface area contributed by atoms with Crippen molar-refractivity contribution < 1.29 is 14.3 Å². The molecule has 0 radical (unpaired) electrons.